The molecule has 1 N–H and O–H groups in total. The molecule has 2 rings (SSSR count). The minimum atomic E-state index is -0.250. The zero-order valence-electron chi connectivity index (χ0n) is 15.6. The number of morpholine rings is 1. The van der Waals surface area contributed by atoms with Crippen molar-refractivity contribution in [1.82, 2.24) is 10.2 Å². The van der Waals surface area contributed by atoms with Gasteiger partial charge in [0, 0.05) is 39.2 Å². The van der Waals surface area contributed by atoms with Crippen LogP contribution in [0, 0.1) is 0 Å². The van der Waals surface area contributed by atoms with Crippen LogP contribution in [0.5, 0.6) is 11.5 Å². The van der Waals surface area contributed by atoms with E-state index in [1.807, 2.05) is 0 Å². The number of hydrogen-bond donors (Lipinski definition) is 1. The first kappa shape index (κ1) is 20.0. The molecule has 2 amide bonds. The largest absolute Gasteiger partial charge is 0.497 e. The maximum Gasteiger partial charge on any atom is 0.240 e. The van der Waals surface area contributed by atoms with Crippen molar-refractivity contribution in [2.24, 2.45) is 0 Å². The number of benzene rings is 1. The molecule has 1 aliphatic heterocycles. The molecule has 0 spiro atoms. The molecule has 1 aliphatic rings. The van der Waals surface area contributed by atoms with Gasteiger partial charge in [-0.15, -0.1) is 0 Å². The number of nitrogens with zero attached hydrogens (tertiary/aromatic N) is 2. The van der Waals surface area contributed by atoms with Crippen molar-refractivity contribution in [3.8, 4) is 11.5 Å². The topological polar surface area (TPSA) is 80.3 Å². The summed E-state index contributed by atoms with van der Waals surface area (Å²) in [6, 6.07) is 5.13. The second kappa shape index (κ2) is 9.98. The molecular formula is C18H27N3O5. The number of anilines is 1. The lowest BCUT2D eigenvalue weighted by Gasteiger charge is -2.27. The van der Waals surface area contributed by atoms with E-state index >= 15 is 0 Å². The first-order valence-electron chi connectivity index (χ1n) is 8.62. The molecule has 1 fully saturated rings. The molecule has 8 heteroatoms. The third-order valence-electron chi connectivity index (χ3n) is 4.21. The highest BCUT2D eigenvalue weighted by molar-refractivity contribution is 5.98. The highest BCUT2D eigenvalue weighted by Crippen LogP contribution is 2.32. The van der Waals surface area contributed by atoms with Gasteiger partial charge in [0.05, 0.1) is 33.1 Å². The molecule has 1 aromatic rings. The highest BCUT2D eigenvalue weighted by Gasteiger charge is 2.20. The number of carbonyl (C=O) groups is 2. The lowest BCUT2D eigenvalue weighted by atomic mass is 10.2. The number of hydrogen-bond acceptors (Lipinski definition) is 6. The number of amides is 2. The number of carbonyl (C=O) groups excluding carboxylic acids is 2. The summed E-state index contributed by atoms with van der Waals surface area (Å²) in [7, 11) is 3.06. The number of nitrogens with one attached hydrogen (secondary N) is 1. The minimum Gasteiger partial charge on any atom is -0.497 e. The minimum absolute atomic E-state index is 0.0814. The molecule has 1 aromatic carbocycles. The van der Waals surface area contributed by atoms with Crippen LogP contribution in [0.15, 0.2) is 18.2 Å². The molecule has 8 nitrogen and oxygen atoms in total. The number of methoxy groups -OCH3 is 2. The maximum absolute atomic E-state index is 12.3. The Labute approximate surface area is 154 Å². The van der Waals surface area contributed by atoms with Crippen molar-refractivity contribution in [2.45, 2.75) is 6.92 Å². The van der Waals surface area contributed by atoms with Gasteiger partial charge < -0.3 is 19.5 Å². The molecule has 0 unspecified atom stereocenters. The molecule has 0 aromatic heterocycles. The zero-order valence-corrected chi connectivity index (χ0v) is 15.6. The van der Waals surface area contributed by atoms with Crippen LogP contribution < -0.4 is 19.7 Å². The van der Waals surface area contributed by atoms with Gasteiger partial charge in [-0.3, -0.25) is 19.4 Å². The van der Waals surface area contributed by atoms with Gasteiger partial charge in [-0.2, -0.15) is 0 Å². The van der Waals surface area contributed by atoms with E-state index in [2.05, 4.69) is 10.2 Å². The van der Waals surface area contributed by atoms with E-state index in [9.17, 15) is 9.59 Å². The Balaban J connectivity index is 1.96. The van der Waals surface area contributed by atoms with Crippen LogP contribution in [0.2, 0.25) is 0 Å². The summed E-state index contributed by atoms with van der Waals surface area (Å²) in [5.41, 5.74) is 0.502. The van der Waals surface area contributed by atoms with Gasteiger partial charge in [-0.05, 0) is 12.1 Å². The lowest BCUT2D eigenvalue weighted by molar-refractivity contribution is -0.123. The quantitative estimate of drug-likeness (QED) is 0.723. The summed E-state index contributed by atoms with van der Waals surface area (Å²) in [6.07, 6.45) is 0. The van der Waals surface area contributed by atoms with Crippen LogP contribution in [0.1, 0.15) is 6.92 Å². The Bertz CT molecular complexity index is 617. The monoisotopic (exact) mass is 365 g/mol. The molecule has 1 heterocycles. The maximum atomic E-state index is 12.3. The van der Waals surface area contributed by atoms with E-state index in [4.69, 9.17) is 14.2 Å². The number of ether oxygens (including phenoxy) is 3. The zero-order chi connectivity index (χ0) is 18.9. The van der Waals surface area contributed by atoms with Crippen molar-refractivity contribution in [1.29, 1.82) is 0 Å². The van der Waals surface area contributed by atoms with E-state index in [1.165, 1.54) is 18.9 Å². The molecule has 1 saturated heterocycles. The first-order chi connectivity index (χ1) is 12.5. The lowest BCUT2D eigenvalue weighted by Crippen LogP contribution is -2.44. The Hall–Kier alpha value is -2.32. The fourth-order valence-corrected chi connectivity index (χ4v) is 2.75. The van der Waals surface area contributed by atoms with Gasteiger partial charge >= 0.3 is 0 Å². The van der Waals surface area contributed by atoms with Crippen molar-refractivity contribution < 1.29 is 23.8 Å². The van der Waals surface area contributed by atoms with Gasteiger partial charge in [0.2, 0.25) is 11.8 Å². The summed E-state index contributed by atoms with van der Waals surface area (Å²) in [5, 5.41) is 2.86. The number of rotatable bonds is 8. The van der Waals surface area contributed by atoms with E-state index in [1.54, 1.807) is 25.3 Å². The van der Waals surface area contributed by atoms with Crippen molar-refractivity contribution in [2.75, 3.05) is 65.1 Å². The van der Waals surface area contributed by atoms with Crippen molar-refractivity contribution in [3.05, 3.63) is 18.2 Å². The van der Waals surface area contributed by atoms with Gasteiger partial charge in [0.1, 0.15) is 18.0 Å². The van der Waals surface area contributed by atoms with E-state index in [0.717, 1.165) is 32.8 Å². The second-order valence-electron chi connectivity index (χ2n) is 5.95. The molecule has 0 bridgehead atoms. The standard InChI is InChI=1S/C18H27N3O5/c1-14(22)21(16-12-15(24-2)4-5-17(16)25-3)13-18(23)19-6-7-20-8-10-26-11-9-20/h4-5,12H,6-11,13H2,1-3H3,(H,19,23). The van der Waals surface area contributed by atoms with Crippen LogP contribution in [0.4, 0.5) is 5.69 Å². The van der Waals surface area contributed by atoms with Crippen LogP contribution in [0.25, 0.3) is 0 Å². The predicted molar refractivity (Wildman–Crippen MR) is 97.8 cm³/mol. The van der Waals surface area contributed by atoms with Crippen LogP contribution >= 0.6 is 0 Å². The molecule has 26 heavy (non-hydrogen) atoms. The summed E-state index contributed by atoms with van der Waals surface area (Å²) >= 11 is 0. The van der Waals surface area contributed by atoms with E-state index in [-0.39, 0.29) is 18.4 Å². The molecule has 0 saturated carbocycles. The smallest absolute Gasteiger partial charge is 0.240 e. The Kier molecular flexibility index (Phi) is 7.68. The Morgan fingerprint density at radius 2 is 1.96 bits per heavy atom. The third kappa shape index (κ3) is 5.60. The van der Waals surface area contributed by atoms with Crippen molar-refractivity contribution in [3.63, 3.8) is 0 Å². The van der Waals surface area contributed by atoms with Gasteiger partial charge in [-0.1, -0.05) is 0 Å². The van der Waals surface area contributed by atoms with E-state index in [0.29, 0.717) is 23.7 Å². The molecular weight excluding hydrogens is 338 g/mol. The van der Waals surface area contributed by atoms with Crippen LogP contribution in [-0.4, -0.2) is 76.9 Å². The normalized spacial score (nSPS) is 14.6. The summed E-state index contributed by atoms with van der Waals surface area (Å²) in [6.45, 7) is 5.82. The fourth-order valence-electron chi connectivity index (χ4n) is 2.75. The fraction of sp³-hybridized carbons (Fsp3) is 0.556. The first-order valence-corrected chi connectivity index (χ1v) is 8.62. The Morgan fingerprint density at radius 1 is 1.23 bits per heavy atom. The SMILES string of the molecule is COc1ccc(OC)c(N(CC(=O)NCCN2CCOCC2)C(C)=O)c1. The Morgan fingerprint density at radius 3 is 2.58 bits per heavy atom. The average Bonchev–Trinajstić information content (AvgIpc) is 2.66. The average molecular weight is 365 g/mol. The second-order valence-corrected chi connectivity index (χ2v) is 5.95. The van der Waals surface area contributed by atoms with Crippen LogP contribution in [-0.2, 0) is 14.3 Å². The predicted octanol–water partition coefficient (Wildman–Crippen LogP) is 0.505. The molecule has 144 valence electrons. The highest BCUT2D eigenvalue weighted by atomic mass is 16.5. The van der Waals surface area contributed by atoms with Crippen LogP contribution in [0.3, 0.4) is 0 Å². The molecule has 0 aliphatic carbocycles. The summed E-state index contributed by atoms with van der Waals surface area (Å²) < 4.78 is 15.8. The third-order valence-corrected chi connectivity index (χ3v) is 4.21. The molecule has 0 atom stereocenters. The summed E-state index contributed by atoms with van der Waals surface area (Å²) in [4.78, 5) is 28.0. The van der Waals surface area contributed by atoms with Crippen molar-refractivity contribution >= 4 is 17.5 Å². The summed E-state index contributed by atoms with van der Waals surface area (Å²) in [5.74, 6) is 0.611. The molecule has 0 radical (unpaired) electrons. The van der Waals surface area contributed by atoms with Gasteiger partial charge in [0.25, 0.3) is 0 Å². The van der Waals surface area contributed by atoms with E-state index < -0.39 is 0 Å². The van der Waals surface area contributed by atoms with Gasteiger partial charge in [0.15, 0.2) is 0 Å². The van der Waals surface area contributed by atoms with Gasteiger partial charge in [-0.25, -0.2) is 0 Å².